The highest BCUT2D eigenvalue weighted by atomic mass is 35.5. The van der Waals surface area contributed by atoms with E-state index in [1.165, 1.54) is 23.5 Å². The monoisotopic (exact) mass is 399 g/mol. The van der Waals surface area contributed by atoms with E-state index in [0.717, 1.165) is 0 Å². The lowest BCUT2D eigenvalue weighted by Gasteiger charge is -2.20. The summed E-state index contributed by atoms with van der Waals surface area (Å²) in [4.78, 5) is 13.0. The predicted octanol–water partition coefficient (Wildman–Crippen LogP) is 4.47. The number of hydrogen-bond acceptors (Lipinski definition) is 4. The van der Waals surface area contributed by atoms with E-state index in [-0.39, 0.29) is 22.8 Å². The van der Waals surface area contributed by atoms with E-state index in [9.17, 15) is 13.2 Å². The molecular formula is C18H22ClNO3S2. The first-order chi connectivity index (χ1) is 11.6. The molecule has 136 valence electrons. The first-order valence-electron chi connectivity index (χ1n) is 7.89. The molecule has 1 N–H and O–H groups in total. The zero-order chi connectivity index (χ0) is 18.7. The van der Waals surface area contributed by atoms with Gasteiger partial charge in [-0.3, -0.25) is 4.79 Å². The van der Waals surface area contributed by atoms with Crippen LogP contribution < -0.4 is 5.32 Å². The first kappa shape index (κ1) is 19.9. The van der Waals surface area contributed by atoms with Crippen LogP contribution in [-0.4, -0.2) is 20.9 Å². The Balaban J connectivity index is 2.25. The Morgan fingerprint density at radius 2 is 1.84 bits per heavy atom. The van der Waals surface area contributed by atoms with Crippen LogP contribution in [-0.2, 0) is 14.6 Å². The number of benzene rings is 1. The van der Waals surface area contributed by atoms with Crippen LogP contribution in [0.3, 0.4) is 0 Å². The van der Waals surface area contributed by atoms with Crippen LogP contribution >= 0.6 is 22.9 Å². The van der Waals surface area contributed by atoms with Crippen molar-refractivity contribution in [3.63, 3.8) is 0 Å². The molecule has 0 spiro atoms. The summed E-state index contributed by atoms with van der Waals surface area (Å²) in [6.45, 7) is 5.94. The van der Waals surface area contributed by atoms with Gasteiger partial charge in [-0.25, -0.2) is 8.42 Å². The fourth-order valence-electron chi connectivity index (χ4n) is 2.38. The average Bonchev–Trinajstić information content (AvgIpc) is 2.99. The molecule has 0 saturated carbocycles. The Morgan fingerprint density at radius 1 is 1.20 bits per heavy atom. The van der Waals surface area contributed by atoms with Gasteiger partial charge in [0.15, 0.2) is 9.84 Å². The van der Waals surface area contributed by atoms with Crippen molar-refractivity contribution >= 4 is 38.7 Å². The molecule has 1 amide bonds. The van der Waals surface area contributed by atoms with Crippen molar-refractivity contribution in [3.8, 4) is 0 Å². The standard InChI is InChI=1S/C18H22ClNO3S2/c1-18(2,3)11-17(21)20-12-16(15-5-4-10-24-15)25(22,23)14-8-6-13(19)7-9-14/h4-10,16H,11-12H2,1-3H3,(H,20,21)/t16-/m1/s1. The maximum absolute atomic E-state index is 13.1. The van der Waals surface area contributed by atoms with Crippen LogP contribution in [0.25, 0.3) is 0 Å². The maximum atomic E-state index is 13.1. The van der Waals surface area contributed by atoms with Gasteiger partial charge in [-0.15, -0.1) is 11.3 Å². The molecule has 0 bridgehead atoms. The SMILES string of the molecule is CC(C)(C)CC(=O)NC[C@H](c1cccs1)S(=O)(=O)c1ccc(Cl)cc1. The minimum absolute atomic E-state index is 0.0421. The smallest absolute Gasteiger partial charge is 0.220 e. The third-order valence-corrected chi connectivity index (χ3v) is 7.04. The summed E-state index contributed by atoms with van der Waals surface area (Å²) in [6.07, 6.45) is 0.338. The third-order valence-electron chi connectivity index (χ3n) is 3.55. The quantitative estimate of drug-likeness (QED) is 0.779. The minimum atomic E-state index is -3.64. The molecule has 1 aromatic carbocycles. The number of thiophene rings is 1. The Hall–Kier alpha value is -1.37. The summed E-state index contributed by atoms with van der Waals surface area (Å²) in [5.41, 5.74) is -0.155. The van der Waals surface area contributed by atoms with Gasteiger partial charge in [-0.1, -0.05) is 38.4 Å². The van der Waals surface area contributed by atoms with Crippen molar-refractivity contribution in [1.82, 2.24) is 5.32 Å². The molecule has 0 aliphatic heterocycles. The number of rotatable bonds is 6. The second-order valence-corrected chi connectivity index (χ2v) is 10.6. The molecule has 25 heavy (non-hydrogen) atoms. The van der Waals surface area contributed by atoms with Gasteiger partial charge in [0.25, 0.3) is 0 Å². The number of amides is 1. The molecule has 2 rings (SSSR count). The fourth-order valence-corrected chi connectivity index (χ4v) is 5.29. The number of halogens is 1. The highest BCUT2D eigenvalue weighted by Crippen LogP contribution is 2.32. The molecule has 0 radical (unpaired) electrons. The largest absolute Gasteiger partial charge is 0.354 e. The van der Waals surface area contributed by atoms with Crippen LogP contribution in [0.1, 0.15) is 37.3 Å². The van der Waals surface area contributed by atoms with Gasteiger partial charge in [0, 0.05) is 22.9 Å². The van der Waals surface area contributed by atoms with Gasteiger partial charge in [-0.2, -0.15) is 0 Å². The van der Waals surface area contributed by atoms with Crippen molar-refractivity contribution in [2.45, 2.75) is 37.3 Å². The zero-order valence-electron chi connectivity index (χ0n) is 14.5. The summed E-state index contributed by atoms with van der Waals surface area (Å²) in [6, 6.07) is 9.68. The topological polar surface area (TPSA) is 63.2 Å². The van der Waals surface area contributed by atoms with E-state index in [1.807, 2.05) is 26.2 Å². The molecule has 1 aromatic heterocycles. The van der Waals surface area contributed by atoms with E-state index >= 15 is 0 Å². The van der Waals surface area contributed by atoms with Crippen LogP contribution in [0, 0.1) is 5.41 Å². The first-order valence-corrected chi connectivity index (χ1v) is 10.7. The van der Waals surface area contributed by atoms with E-state index in [4.69, 9.17) is 11.6 Å². The summed E-state index contributed by atoms with van der Waals surface area (Å²) >= 11 is 7.22. The molecule has 0 aliphatic carbocycles. The van der Waals surface area contributed by atoms with Crippen molar-refractivity contribution in [3.05, 3.63) is 51.7 Å². The predicted molar refractivity (Wildman–Crippen MR) is 103 cm³/mol. The van der Waals surface area contributed by atoms with E-state index in [1.54, 1.807) is 24.3 Å². The number of carbonyl (C=O) groups is 1. The molecule has 1 heterocycles. The fraction of sp³-hybridized carbons (Fsp3) is 0.389. The number of carbonyl (C=O) groups excluding carboxylic acids is 1. The zero-order valence-corrected chi connectivity index (χ0v) is 16.8. The van der Waals surface area contributed by atoms with Crippen molar-refractivity contribution in [2.75, 3.05) is 6.54 Å². The van der Waals surface area contributed by atoms with E-state index < -0.39 is 15.1 Å². The van der Waals surface area contributed by atoms with Crippen LogP contribution in [0.4, 0.5) is 0 Å². The van der Waals surface area contributed by atoms with Gasteiger partial charge in [0.2, 0.25) is 5.91 Å². The molecule has 7 heteroatoms. The Morgan fingerprint density at radius 3 is 2.36 bits per heavy atom. The second kappa shape index (κ2) is 7.89. The number of sulfone groups is 1. The van der Waals surface area contributed by atoms with Gasteiger partial charge < -0.3 is 5.32 Å². The molecule has 1 atom stereocenters. The molecule has 2 aromatic rings. The van der Waals surface area contributed by atoms with Gasteiger partial charge in [-0.05, 0) is 41.1 Å². The third kappa shape index (κ3) is 5.56. The summed E-state index contributed by atoms with van der Waals surface area (Å²) in [7, 11) is -3.64. The van der Waals surface area contributed by atoms with Crippen molar-refractivity contribution in [2.24, 2.45) is 5.41 Å². The molecule has 4 nitrogen and oxygen atoms in total. The van der Waals surface area contributed by atoms with Gasteiger partial charge in [0.1, 0.15) is 5.25 Å². The lowest BCUT2D eigenvalue weighted by Crippen LogP contribution is -2.33. The highest BCUT2D eigenvalue weighted by Gasteiger charge is 2.30. The second-order valence-electron chi connectivity index (χ2n) is 7.04. The summed E-state index contributed by atoms with van der Waals surface area (Å²) < 4.78 is 26.1. The van der Waals surface area contributed by atoms with Crippen LogP contribution in [0.5, 0.6) is 0 Å². The lowest BCUT2D eigenvalue weighted by atomic mass is 9.92. The maximum Gasteiger partial charge on any atom is 0.220 e. The van der Waals surface area contributed by atoms with Crippen LogP contribution in [0.15, 0.2) is 46.7 Å². The molecular weight excluding hydrogens is 378 g/mol. The normalized spacial score (nSPS) is 13.4. The molecule has 0 fully saturated rings. The Labute approximate surface area is 158 Å². The summed E-state index contributed by atoms with van der Waals surface area (Å²) in [5, 5.41) is 4.26. The van der Waals surface area contributed by atoms with E-state index in [0.29, 0.717) is 16.3 Å². The molecule has 0 aliphatic rings. The van der Waals surface area contributed by atoms with Crippen LogP contribution in [0.2, 0.25) is 5.02 Å². The summed E-state index contributed by atoms with van der Waals surface area (Å²) in [5.74, 6) is -0.152. The number of nitrogens with one attached hydrogen (secondary N) is 1. The Kier molecular flexibility index (Phi) is 6.30. The van der Waals surface area contributed by atoms with Gasteiger partial charge >= 0.3 is 0 Å². The molecule has 0 saturated heterocycles. The van der Waals surface area contributed by atoms with Crippen molar-refractivity contribution < 1.29 is 13.2 Å². The average molecular weight is 400 g/mol. The highest BCUT2D eigenvalue weighted by molar-refractivity contribution is 7.91. The lowest BCUT2D eigenvalue weighted by molar-refractivity contribution is -0.122. The van der Waals surface area contributed by atoms with E-state index in [2.05, 4.69) is 5.32 Å². The minimum Gasteiger partial charge on any atom is -0.354 e. The Bertz CT molecular complexity index is 807. The molecule has 0 unspecified atom stereocenters. The number of hydrogen-bond donors (Lipinski definition) is 1. The van der Waals surface area contributed by atoms with Gasteiger partial charge in [0.05, 0.1) is 4.90 Å². The van der Waals surface area contributed by atoms with Crippen molar-refractivity contribution in [1.29, 1.82) is 0 Å².